The maximum absolute atomic E-state index is 10.3. The molecule has 0 aromatic heterocycles. The van der Waals surface area contributed by atoms with E-state index in [1.807, 2.05) is 31.2 Å². The number of benzene rings is 1. The van der Waals surface area contributed by atoms with Gasteiger partial charge in [0, 0.05) is 0 Å². The lowest BCUT2D eigenvalue weighted by Crippen LogP contribution is -2.13. The van der Waals surface area contributed by atoms with Crippen LogP contribution in [0.4, 0.5) is 0 Å². The number of aliphatic hydroxyl groups is 1. The van der Waals surface area contributed by atoms with Crippen molar-refractivity contribution in [2.45, 2.75) is 32.3 Å². The first kappa shape index (κ1) is 12.2. The predicted octanol–water partition coefficient (Wildman–Crippen LogP) is 3.48. The Bertz CT molecular complexity index is 367. The molecule has 2 rings (SSSR count). The first-order chi connectivity index (χ1) is 8.31. The number of allylic oxidation sites excluding steroid dienone is 2. The molecule has 2 heteroatoms. The highest BCUT2D eigenvalue weighted by Gasteiger charge is 2.20. The van der Waals surface area contributed by atoms with Crippen molar-refractivity contribution < 1.29 is 9.84 Å². The van der Waals surface area contributed by atoms with Gasteiger partial charge in [-0.2, -0.15) is 0 Å². The smallest absolute Gasteiger partial charge is 0.119 e. The largest absolute Gasteiger partial charge is 0.494 e. The van der Waals surface area contributed by atoms with Crippen molar-refractivity contribution in [2.75, 3.05) is 6.61 Å². The molecule has 2 atom stereocenters. The summed E-state index contributed by atoms with van der Waals surface area (Å²) in [6, 6.07) is 7.80. The van der Waals surface area contributed by atoms with Gasteiger partial charge >= 0.3 is 0 Å². The summed E-state index contributed by atoms with van der Waals surface area (Å²) >= 11 is 0. The number of ether oxygens (including phenoxy) is 1. The van der Waals surface area contributed by atoms with Crippen molar-refractivity contribution in [1.29, 1.82) is 0 Å². The molecule has 1 aliphatic carbocycles. The van der Waals surface area contributed by atoms with Crippen LogP contribution in [0.1, 0.15) is 37.9 Å². The Balaban J connectivity index is 2.03. The fraction of sp³-hybridized carbons (Fsp3) is 0.467. The summed E-state index contributed by atoms with van der Waals surface area (Å²) in [5.74, 6) is 1.23. The Kier molecular flexibility index (Phi) is 4.21. The SMILES string of the molecule is CCOc1ccc(C(O)C2CC=CCC2)cc1. The van der Waals surface area contributed by atoms with E-state index >= 15 is 0 Å². The van der Waals surface area contributed by atoms with Gasteiger partial charge in [0.15, 0.2) is 0 Å². The van der Waals surface area contributed by atoms with Crippen LogP contribution in [0.2, 0.25) is 0 Å². The van der Waals surface area contributed by atoms with Gasteiger partial charge in [-0.3, -0.25) is 0 Å². The van der Waals surface area contributed by atoms with Gasteiger partial charge in [0.2, 0.25) is 0 Å². The van der Waals surface area contributed by atoms with E-state index in [2.05, 4.69) is 12.2 Å². The summed E-state index contributed by atoms with van der Waals surface area (Å²) in [7, 11) is 0. The molecule has 1 aliphatic rings. The van der Waals surface area contributed by atoms with Crippen LogP contribution in [0.15, 0.2) is 36.4 Å². The maximum Gasteiger partial charge on any atom is 0.119 e. The van der Waals surface area contributed by atoms with Crippen molar-refractivity contribution in [3.8, 4) is 5.75 Å². The topological polar surface area (TPSA) is 29.5 Å². The first-order valence-electron chi connectivity index (χ1n) is 6.37. The van der Waals surface area contributed by atoms with E-state index in [0.29, 0.717) is 12.5 Å². The zero-order valence-corrected chi connectivity index (χ0v) is 10.3. The fourth-order valence-corrected chi connectivity index (χ4v) is 2.30. The number of hydrogen-bond donors (Lipinski definition) is 1. The van der Waals surface area contributed by atoms with Crippen molar-refractivity contribution >= 4 is 0 Å². The fourth-order valence-electron chi connectivity index (χ4n) is 2.30. The van der Waals surface area contributed by atoms with Crippen LogP contribution in [0.3, 0.4) is 0 Å². The van der Waals surface area contributed by atoms with E-state index in [9.17, 15) is 5.11 Å². The first-order valence-corrected chi connectivity index (χ1v) is 6.37. The summed E-state index contributed by atoms with van der Waals surface area (Å²) < 4.78 is 5.39. The van der Waals surface area contributed by atoms with Crippen molar-refractivity contribution in [3.05, 3.63) is 42.0 Å². The molecule has 0 saturated carbocycles. The Morgan fingerprint density at radius 3 is 2.65 bits per heavy atom. The third kappa shape index (κ3) is 3.10. The minimum absolute atomic E-state index is 0.351. The molecule has 17 heavy (non-hydrogen) atoms. The highest BCUT2D eigenvalue weighted by Crippen LogP contribution is 2.32. The molecular weight excluding hydrogens is 212 g/mol. The predicted molar refractivity (Wildman–Crippen MR) is 69.1 cm³/mol. The molecule has 0 spiro atoms. The standard InChI is InChI=1S/C15H20O2/c1-2-17-14-10-8-13(9-11-14)15(16)12-6-4-3-5-7-12/h3-4,8-12,15-16H,2,5-7H2,1H3. The molecule has 2 unspecified atom stereocenters. The maximum atomic E-state index is 10.3. The van der Waals surface area contributed by atoms with Gasteiger partial charge in [0.1, 0.15) is 5.75 Å². The third-order valence-electron chi connectivity index (χ3n) is 3.29. The molecule has 0 radical (unpaired) electrons. The molecule has 0 amide bonds. The van der Waals surface area contributed by atoms with E-state index in [4.69, 9.17) is 4.74 Å². The van der Waals surface area contributed by atoms with Gasteiger partial charge in [0.05, 0.1) is 12.7 Å². The molecule has 92 valence electrons. The molecule has 2 nitrogen and oxygen atoms in total. The van der Waals surface area contributed by atoms with E-state index in [1.54, 1.807) is 0 Å². The second-order valence-corrected chi connectivity index (χ2v) is 4.49. The van der Waals surface area contributed by atoms with Gasteiger partial charge in [-0.05, 0) is 49.8 Å². The van der Waals surface area contributed by atoms with Crippen LogP contribution in [0.25, 0.3) is 0 Å². The summed E-state index contributed by atoms with van der Waals surface area (Å²) in [6.07, 6.45) is 7.15. The second kappa shape index (κ2) is 5.87. The minimum Gasteiger partial charge on any atom is -0.494 e. The zero-order valence-electron chi connectivity index (χ0n) is 10.3. The van der Waals surface area contributed by atoms with Crippen LogP contribution >= 0.6 is 0 Å². The normalized spacial score (nSPS) is 21.2. The summed E-state index contributed by atoms with van der Waals surface area (Å²) in [6.45, 7) is 2.65. The van der Waals surface area contributed by atoms with E-state index in [1.165, 1.54) is 0 Å². The molecule has 1 aromatic rings. The molecule has 1 aromatic carbocycles. The average Bonchev–Trinajstić information content (AvgIpc) is 2.40. The van der Waals surface area contributed by atoms with Gasteiger partial charge in [-0.25, -0.2) is 0 Å². The van der Waals surface area contributed by atoms with E-state index < -0.39 is 0 Å². The average molecular weight is 232 g/mol. The Labute approximate surface area is 103 Å². The molecule has 0 heterocycles. The monoisotopic (exact) mass is 232 g/mol. The number of aliphatic hydroxyl groups excluding tert-OH is 1. The lowest BCUT2D eigenvalue weighted by atomic mass is 9.86. The van der Waals surface area contributed by atoms with Gasteiger partial charge in [-0.15, -0.1) is 0 Å². The van der Waals surface area contributed by atoms with E-state index in [-0.39, 0.29) is 6.10 Å². The number of rotatable bonds is 4. The van der Waals surface area contributed by atoms with Crippen LogP contribution in [0.5, 0.6) is 5.75 Å². The van der Waals surface area contributed by atoms with Crippen molar-refractivity contribution in [2.24, 2.45) is 5.92 Å². The summed E-state index contributed by atoms with van der Waals surface area (Å²) in [4.78, 5) is 0. The van der Waals surface area contributed by atoms with Crippen LogP contribution < -0.4 is 4.74 Å². The van der Waals surface area contributed by atoms with Gasteiger partial charge in [-0.1, -0.05) is 24.3 Å². The molecule has 0 saturated heterocycles. The lowest BCUT2D eigenvalue weighted by molar-refractivity contribution is 0.102. The molecule has 0 aliphatic heterocycles. The Morgan fingerprint density at radius 1 is 1.29 bits per heavy atom. The quantitative estimate of drug-likeness (QED) is 0.805. The molecule has 1 N–H and O–H groups in total. The summed E-state index contributed by atoms with van der Waals surface area (Å²) in [5, 5.41) is 10.3. The third-order valence-corrected chi connectivity index (χ3v) is 3.29. The van der Waals surface area contributed by atoms with E-state index in [0.717, 1.165) is 30.6 Å². The van der Waals surface area contributed by atoms with Crippen LogP contribution in [0, 0.1) is 5.92 Å². The number of hydrogen-bond acceptors (Lipinski definition) is 2. The van der Waals surface area contributed by atoms with Crippen LogP contribution in [-0.4, -0.2) is 11.7 Å². The van der Waals surface area contributed by atoms with Crippen LogP contribution in [-0.2, 0) is 0 Å². The zero-order chi connectivity index (χ0) is 12.1. The van der Waals surface area contributed by atoms with Gasteiger partial charge in [0.25, 0.3) is 0 Å². The van der Waals surface area contributed by atoms with Gasteiger partial charge < -0.3 is 9.84 Å². The molecule has 0 fully saturated rings. The Morgan fingerprint density at radius 2 is 2.06 bits per heavy atom. The summed E-state index contributed by atoms with van der Waals surface area (Å²) in [5.41, 5.74) is 0.994. The van der Waals surface area contributed by atoms with Crippen molar-refractivity contribution in [3.63, 3.8) is 0 Å². The minimum atomic E-state index is -0.351. The van der Waals surface area contributed by atoms with Crippen molar-refractivity contribution in [1.82, 2.24) is 0 Å². The highest BCUT2D eigenvalue weighted by molar-refractivity contribution is 5.29. The molecular formula is C15H20O2. The Hall–Kier alpha value is -1.28. The highest BCUT2D eigenvalue weighted by atomic mass is 16.5. The molecule has 0 bridgehead atoms. The second-order valence-electron chi connectivity index (χ2n) is 4.49. The lowest BCUT2D eigenvalue weighted by Gasteiger charge is -2.24.